The quantitative estimate of drug-likeness (QED) is 0.874. The number of rotatable bonds is 4. The highest BCUT2D eigenvalue weighted by molar-refractivity contribution is 8.02. The molecule has 0 spiro atoms. The van der Waals surface area contributed by atoms with Crippen LogP contribution in [-0.2, 0) is 0 Å². The van der Waals surface area contributed by atoms with Gasteiger partial charge in [-0.3, -0.25) is 4.79 Å². The van der Waals surface area contributed by atoms with Crippen LogP contribution in [0, 0.1) is 5.92 Å². The first-order valence-electron chi connectivity index (χ1n) is 7.47. The van der Waals surface area contributed by atoms with E-state index in [4.69, 9.17) is 11.6 Å². The van der Waals surface area contributed by atoms with Gasteiger partial charge in [0.1, 0.15) is 0 Å². The van der Waals surface area contributed by atoms with Gasteiger partial charge < -0.3 is 10.2 Å². The van der Waals surface area contributed by atoms with Gasteiger partial charge in [0.05, 0.1) is 9.09 Å². The highest BCUT2D eigenvalue weighted by atomic mass is 35.5. The summed E-state index contributed by atoms with van der Waals surface area (Å²) in [4.78, 5) is 15.7. The van der Waals surface area contributed by atoms with Crippen LogP contribution in [-0.4, -0.2) is 46.7 Å². The predicted octanol–water partition coefficient (Wildman–Crippen LogP) is 3.23. The Bertz CT molecular complexity index is 710. The van der Waals surface area contributed by atoms with Crippen LogP contribution < -0.4 is 5.32 Å². The standard InChI is InChI=1S/C14H15ClN4OS3/c15-13-17-18-14(23-13)22-11-2-1-10(21-11)12(20)16-9-7-19-5-3-8(9)4-6-19/h1-2,8-9H,3-7H2,(H,16,20). The number of aromatic nitrogens is 2. The zero-order chi connectivity index (χ0) is 15.8. The van der Waals surface area contributed by atoms with Crippen LogP contribution in [0.25, 0.3) is 0 Å². The Morgan fingerprint density at radius 3 is 2.78 bits per heavy atom. The molecule has 0 aliphatic carbocycles. The van der Waals surface area contributed by atoms with E-state index in [0.29, 0.717) is 16.4 Å². The maximum absolute atomic E-state index is 12.5. The molecule has 1 atom stereocenters. The van der Waals surface area contributed by atoms with Crippen LogP contribution in [0.2, 0.25) is 4.47 Å². The second-order valence-electron chi connectivity index (χ2n) is 5.76. The largest absolute Gasteiger partial charge is 0.347 e. The summed E-state index contributed by atoms with van der Waals surface area (Å²) in [5.41, 5.74) is 0. The molecular formula is C14H15ClN4OS3. The van der Waals surface area contributed by atoms with E-state index in [1.54, 1.807) is 0 Å². The number of hydrogen-bond donors (Lipinski definition) is 1. The fourth-order valence-corrected chi connectivity index (χ4v) is 6.42. The fraction of sp³-hybridized carbons (Fsp3) is 0.500. The maximum atomic E-state index is 12.5. The third-order valence-electron chi connectivity index (χ3n) is 4.35. The zero-order valence-corrected chi connectivity index (χ0v) is 15.4. The minimum Gasteiger partial charge on any atom is -0.347 e. The summed E-state index contributed by atoms with van der Waals surface area (Å²) in [7, 11) is 0. The molecule has 1 amide bonds. The van der Waals surface area contributed by atoms with E-state index < -0.39 is 0 Å². The Morgan fingerprint density at radius 2 is 2.13 bits per heavy atom. The number of piperidine rings is 3. The topological polar surface area (TPSA) is 58.1 Å². The minimum absolute atomic E-state index is 0.0379. The zero-order valence-electron chi connectivity index (χ0n) is 12.2. The maximum Gasteiger partial charge on any atom is 0.261 e. The molecule has 122 valence electrons. The first-order valence-corrected chi connectivity index (χ1v) is 10.3. The SMILES string of the molecule is O=C(NC1CN2CCC1CC2)c1ccc(Sc2nnc(Cl)s2)s1. The number of halogens is 1. The Balaban J connectivity index is 1.39. The number of thiophene rings is 1. The summed E-state index contributed by atoms with van der Waals surface area (Å²) in [6.07, 6.45) is 2.41. The number of fused-ring (bicyclic) bond motifs is 3. The van der Waals surface area contributed by atoms with E-state index in [-0.39, 0.29) is 5.91 Å². The molecule has 3 saturated heterocycles. The van der Waals surface area contributed by atoms with Crippen molar-refractivity contribution < 1.29 is 4.79 Å². The second kappa shape index (κ2) is 6.68. The molecule has 3 fully saturated rings. The van der Waals surface area contributed by atoms with Crippen molar-refractivity contribution in [3.63, 3.8) is 0 Å². The summed E-state index contributed by atoms with van der Waals surface area (Å²) in [5.74, 6) is 0.678. The normalized spacial score (nSPS) is 26.4. The van der Waals surface area contributed by atoms with Crippen molar-refractivity contribution in [1.82, 2.24) is 20.4 Å². The average molecular weight is 387 g/mol. The van der Waals surface area contributed by atoms with Gasteiger partial charge in [-0.15, -0.1) is 21.5 Å². The lowest BCUT2D eigenvalue weighted by Gasteiger charge is -2.44. The van der Waals surface area contributed by atoms with Crippen LogP contribution in [0.4, 0.5) is 0 Å². The van der Waals surface area contributed by atoms with E-state index in [2.05, 4.69) is 20.4 Å². The first kappa shape index (κ1) is 15.8. The molecule has 3 aliphatic rings. The van der Waals surface area contributed by atoms with Crippen LogP contribution >= 0.6 is 46.0 Å². The summed E-state index contributed by atoms with van der Waals surface area (Å²) in [6, 6.07) is 4.13. The smallest absolute Gasteiger partial charge is 0.261 e. The van der Waals surface area contributed by atoms with Gasteiger partial charge in [-0.2, -0.15) is 0 Å². The number of carbonyl (C=O) groups is 1. The molecule has 2 aromatic rings. The van der Waals surface area contributed by atoms with Gasteiger partial charge in [0, 0.05) is 12.6 Å². The number of carbonyl (C=O) groups excluding carboxylic acids is 1. The van der Waals surface area contributed by atoms with Crippen molar-refractivity contribution in [2.24, 2.45) is 5.92 Å². The number of nitrogens with one attached hydrogen (secondary N) is 1. The number of amides is 1. The average Bonchev–Trinajstić information content (AvgIpc) is 3.18. The van der Waals surface area contributed by atoms with Gasteiger partial charge in [0.2, 0.25) is 4.47 Å². The molecule has 2 aromatic heterocycles. The van der Waals surface area contributed by atoms with Crippen molar-refractivity contribution in [1.29, 1.82) is 0 Å². The van der Waals surface area contributed by atoms with Gasteiger partial charge in [0.25, 0.3) is 5.91 Å². The lowest BCUT2D eigenvalue weighted by atomic mass is 9.84. The van der Waals surface area contributed by atoms with E-state index in [9.17, 15) is 4.79 Å². The van der Waals surface area contributed by atoms with Crippen molar-refractivity contribution in [3.05, 3.63) is 21.5 Å². The van der Waals surface area contributed by atoms with Crippen molar-refractivity contribution in [3.8, 4) is 0 Å². The highest BCUT2D eigenvalue weighted by Crippen LogP contribution is 2.36. The Kier molecular flexibility index (Phi) is 4.60. The lowest BCUT2D eigenvalue weighted by Crippen LogP contribution is -2.57. The van der Waals surface area contributed by atoms with Crippen LogP contribution in [0.5, 0.6) is 0 Å². The molecule has 5 heterocycles. The van der Waals surface area contributed by atoms with Gasteiger partial charge in [-0.1, -0.05) is 11.3 Å². The Labute approximate surface area is 151 Å². The van der Waals surface area contributed by atoms with E-state index in [1.165, 1.54) is 60.4 Å². The van der Waals surface area contributed by atoms with Gasteiger partial charge in [0.15, 0.2) is 4.34 Å². The van der Waals surface area contributed by atoms with E-state index >= 15 is 0 Å². The monoisotopic (exact) mass is 386 g/mol. The highest BCUT2D eigenvalue weighted by Gasteiger charge is 2.35. The third kappa shape index (κ3) is 3.56. The molecule has 5 rings (SSSR count). The predicted molar refractivity (Wildman–Crippen MR) is 93.8 cm³/mol. The first-order chi connectivity index (χ1) is 11.2. The molecule has 1 N–H and O–H groups in total. The van der Waals surface area contributed by atoms with Gasteiger partial charge in [-0.05, 0) is 67.3 Å². The van der Waals surface area contributed by atoms with Gasteiger partial charge in [-0.25, -0.2) is 0 Å². The minimum atomic E-state index is 0.0379. The van der Waals surface area contributed by atoms with Crippen molar-refractivity contribution >= 4 is 51.9 Å². The summed E-state index contributed by atoms with van der Waals surface area (Å²) < 4.78 is 2.25. The fourth-order valence-electron chi connectivity index (χ4n) is 3.19. The Morgan fingerprint density at radius 1 is 1.30 bits per heavy atom. The third-order valence-corrected chi connectivity index (χ3v) is 7.63. The molecular weight excluding hydrogens is 372 g/mol. The summed E-state index contributed by atoms with van der Waals surface area (Å²) in [6.45, 7) is 3.36. The molecule has 3 aliphatic heterocycles. The molecule has 2 bridgehead atoms. The molecule has 0 aromatic carbocycles. The Hall–Kier alpha value is -0.670. The summed E-state index contributed by atoms with van der Waals surface area (Å²) in [5, 5.41) is 11.0. The van der Waals surface area contributed by atoms with Crippen molar-refractivity contribution in [2.45, 2.75) is 27.4 Å². The summed E-state index contributed by atoms with van der Waals surface area (Å²) >= 11 is 10.1. The number of hydrogen-bond acceptors (Lipinski definition) is 7. The van der Waals surface area contributed by atoms with Crippen LogP contribution in [0.1, 0.15) is 22.5 Å². The molecule has 5 nitrogen and oxygen atoms in total. The molecule has 0 radical (unpaired) electrons. The van der Waals surface area contributed by atoms with E-state index in [1.807, 2.05) is 12.1 Å². The molecule has 1 unspecified atom stereocenters. The van der Waals surface area contributed by atoms with Crippen LogP contribution in [0.15, 0.2) is 20.7 Å². The molecule has 9 heteroatoms. The lowest BCUT2D eigenvalue weighted by molar-refractivity contribution is 0.0622. The molecule has 23 heavy (non-hydrogen) atoms. The number of nitrogens with zero attached hydrogens (tertiary/aromatic N) is 3. The molecule has 0 saturated carbocycles. The van der Waals surface area contributed by atoms with Crippen LogP contribution in [0.3, 0.4) is 0 Å². The van der Waals surface area contributed by atoms with Crippen molar-refractivity contribution in [2.75, 3.05) is 19.6 Å². The van der Waals surface area contributed by atoms with Gasteiger partial charge >= 0.3 is 0 Å². The van der Waals surface area contributed by atoms with E-state index in [0.717, 1.165) is 20.0 Å². The second-order valence-corrected chi connectivity index (χ2v) is 9.95.